The van der Waals surface area contributed by atoms with Crippen molar-refractivity contribution in [2.45, 2.75) is 50.2 Å². The minimum absolute atomic E-state index is 0.113. The van der Waals surface area contributed by atoms with Crippen LogP contribution in [0.2, 0.25) is 0 Å². The fourth-order valence-electron chi connectivity index (χ4n) is 6.26. The van der Waals surface area contributed by atoms with Crippen molar-refractivity contribution in [3.05, 3.63) is 76.4 Å². The number of carbonyl (C=O) groups excluding carboxylic acids is 2. The zero-order chi connectivity index (χ0) is 31.2. The van der Waals surface area contributed by atoms with Gasteiger partial charge in [-0.25, -0.2) is 4.68 Å². The maximum absolute atomic E-state index is 13.9. The highest BCUT2D eigenvalue weighted by Crippen LogP contribution is 2.42. The molecule has 0 unspecified atom stereocenters. The third-order valence-electron chi connectivity index (χ3n) is 8.77. The van der Waals surface area contributed by atoms with Gasteiger partial charge in [-0.1, -0.05) is 18.6 Å². The van der Waals surface area contributed by atoms with Crippen molar-refractivity contribution in [2.75, 3.05) is 39.1 Å². The number of aromatic hydroxyl groups is 1. The lowest BCUT2D eigenvalue weighted by Crippen LogP contribution is -2.46. The molecule has 0 saturated heterocycles. The lowest BCUT2D eigenvalue weighted by Gasteiger charge is -2.38. The van der Waals surface area contributed by atoms with Crippen LogP contribution in [0, 0.1) is 0 Å². The number of ether oxygens (including phenoxy) is 1. The third-order valence-corrected chi connectivity index (χ3v) is 8.77. The number of anilines is 1. The van der Waals surface area contributed by atoms with Crippen LogP contribution in [-0.2, 0) is 28.5 Å². The first kappa shape index (κ1) is 29.7. The van der Waals surface area contributed by atoms with Gasteiger partial charge in [0.1, 0.15) is 17.1 Å². The van der Waals surface area contributed by atoms with Crippen LogP contribution in [-0.4, -0.2) is 74.8 Å². The fraction of sp³-hybridized carbons (Fsp3) is 0.419. The predicted molar refractivity (Wildman–Crippen MR) is 154 cm³/mol. The maximum Gasteiger partial charge on any atom is 0.433 e. The first-order valence-electron chi connectivity index (χ1n) is 14.6. The number of phenolic OH excluding ortho intramolecular Hbond substituents is 1. The molecule has 4 heterocycles. The molecule has 1 fully saturated rings. The van der Waals surface area contributed by atoms with Gasteiger partial charge in [-0.15, -0.1) is 0 Å². The number of nitrogens with two attached hydrogens (primary N) is 1. The van der Waals surface area contributed by atoms with Crippen LogP contribution < -0.4 is 5.73 Å². The number of hydrogen-bond acceptors (Lipinski definition) is 7. The van der Waals surface area contributed by atoms with Gasteiger partial charge in [-0.2, -0.15) is 18.3 Å². The highest BCUT2D eigenvalue weighted by Gasteiger charge is 2.41. The molecule has 2 aliphatic heterocycles. The zero-order valence-electron chi connectivity index (χ0n) is 24.2. The van der Waals surface area contributed by atoms with Gasteiger partial charge in [0.2, 0.25) is 5.91 Å². The average molecular weight is 611 g/mol. The Labute approximate surface area is 251 Å². The van der Waals surface area contributed by atoms with E-state index in [9.17, 15) is 27.9 Å². The molecule has 1 saturated carbocycles. The molecular weight excluding hydrogens is 577 g/mol. The molecular formula is C31H33F3N6O4. The number of alkyl halides is 3. The van der Waals surface area contributed by atoms with Crippen LogP contribution in [0.3, 0.4) is 0 Å². The van der Waals surface area contributed by atoms with E-state index in [-0.39, 0.29) is 42.6 Å². The molecule has 1 aromatic carbocycles. The first-order valence-corrected chi connectivity index (χ1v) is 14.6. The quantitative estimate of drug-likeness (QED) is 0.401. The topological polar surface area (TPSA) is 127 Å². The van der Waals surface area contributed by atoms with Crippen molar-refractivity contribution in [1.82, 2.24) is 24.6 Å². The number of nitrogen functional groups attached to an aromatic ring is 1. The Bertz CT molecular complexity index is 1630. The van der Waals surface area contributed by atoms with Crippen LogP contribution in [0.5, 0.6) is 5.75 Å². The molecule has 3 aliphatic rings. The number of carbonyl (C=O) groups is 2. The normalized spacial score (nSPS) is 18.7. The summed E-state index contributed by atoms with van der Waals surface area (Å²) < 4.78 is 46.4. The third kappa shape index (κ3) is 5.40. The molecule has 2 amide bonds. The molecule has 44 heavy (non-hydrogen) atoms. The Hall–Kier alpha value is -4.39. The molecule has 2 aromatic heterocycles. The lowest BCUT2D eigenvalue weighted by atomic mass is 9.80. The van der Waals surface area contributed by atoms with E-state index in [1.54, 1.807) is 21.7 Å². The molecule has 3 aromatic rings. The summed E-state index contributed by atoms with van der Waals surface area (Å²) in [5.41, 5.74) is 8.15. The van der Waals surface area contributed by atoms with Gasteiger partial charge in [0.25, 0.3) is 5.91 Å². The molecule has 1 aliphatic carbocycles. The van der Waals surface area contributed by atoms with Gasteiger partial charge >= 0.3 is 6.18 Å². The summed E-state index contributed by atoms with van der Waals surface area (Å²) in [6.07, 6.45) is 3.31. The van der Waals surface area contributed by atoms with Crippen molar-refractivity contribution in [3.8, 4) is 11.4 Å². The van der Waals surface area contributed by atoms with Crippen LogP contribution in [0.4, 0.5) is 18.9 Å². The summed E-state index contributed by atoms with van der Waals surface area (Å²) in [4.78, 5) is 33.6. The molecule has 0 radical (unpaired) electrons. The highest BCUT2D eigenvalue weighted by atomic mass is 19.4. The van der Waals surface area contributed by atoms with Crippen molar-refractivity contribution in [3.63, 3.8) is 0 Å². The van der Waals surface area contributed by atoms with E-state index in [0.29, 0.717) is 42.8 Å². The summed E-state index contributed by atoms with van der Waals surface area (Å²) >= 11 is 0. The number of hydrogen-bond donors (Lipinski definition) is 2. The molecule has 0 bridgehead atoms. The Balaban J connectivity index is 1.38. The second-order valence-corrected chi connectivity index (χ2v) is 11.4. The number of aromatic nitrogens is 3. The van der Waals surface area contributed by atoms with Gasteiger partial charge in [0.05, 0.1) is 29.6 Å². The van der Waals surface area contributed by atoms with E-state index in [2.05, 4.69) is 4.98 Å². The summed E-state index contributed by atoms with van der Waals surface area (Å²) in [5.74, 6) is -0.295. The minimum Gasteiger partial charge on any atom is -0.506 e. The number of amides is 2. The van der Waals surface area contributed by atoms with Crippen LogP contribution in [0.15, 0.2) is 42.6 Å². The zero-order valence-corrected chi connectivity index (χ0v) is 24.2. The number of phenols is 1. The second kappa shape index (κ2) is 11.6. The summed E-state index contributed by atoms with van der Waals surface area (Å²) in [5, 5.41) is 15.9. The van der Waals surface area contributed by atoms with Crippen molar-refractivity contribution in [2.24, 2.45) is 0 Å². The minimum atomic E-state index is -4.71. The number of nitrogens with zero attached hydrogens (tertiary/aromatic N) is 5. The van der Waals surface area contributed by atoms with E-state index in [1.165, 1.54) is 24.5 Å². The Kier molecular flexibility index (Phi) is 7.82. The van der Waals surface area contributed by atoms with E-state index in [1.807, 2.05) is 12.1 Å². The monoisotopic (exact) mass is 610 g/mol. The lowest BCUT2D eigenvalue weighted by molar-refractivity contribution is -0.141. The van der Waals surface area contributed by atoms with Crippen LogP contribution in [0.1, 0.15) is 69.8 Å². The molecule has 6 rings (SSSR count). The maximum atomic E-state index is 13.9. The summed E-state index contributed by atoms with van der Waals surface area (Å²) in [6, 6.07) is 5.68. The van der Waals surface area contributed by atoms with E-state index >= 15 is 0 Å². The molecule has 13 heteroatoms. The van der Waals surface area contributed by atoms with Crippen molar-refractivity contribution >= 4 is 17.5 Å². The van der Waals surface area contributed by atoms with E-state index in [0.717, 1.165) is 35.9 Å². The first-order chi connectivity index (χ1) is 21.1. The molecule has 1 atom stereocenters. The molecule has 3 N–H and O–H groups in total. The van der Waals surface area contributed by atoms with Crippen molar-refractivity contribution < 1.29 is 32.6 Å². The average Bonchev–Trinajstić information content (AvgIpc) is 3.20. The number of rotatable bonds is 6. The Morgan fingerprint density at radius 1 is 1.18 bits per heavy atom. The number of benzene rings is 1. The van der Waals surface area contributed by atoms with Crippen molar-refractivity contribution in [1.29, 1.82) is 0 Å². The second-order valence-electron chi connectivity index (χ2n) is 11.4. The smallest absolute Gasteiger partial charge is 0.433 e. The molecule has 232 valence electrons. The molecule has 0 spiro atoms. The van der Waals surface area contributed by atoms with E-state index < -0.39 is 23.8 Å². The van der Waals surface area contributed by atoms with Gasteiger partial charge in [0.15, 0.2) is 0 Å². The summed E-state index contributed by atoms with van der Waals surface area (Å²) in [7, 11) is 1.52. The fourth-order valence-corrected chi connectivity index (χ4v) is 6.26. The summed E-state index contributed by atoms with van der Waals surface area (Å²) in [6.45, 7) is 0.904. The Morgan fingerprint density at radius 2 is 1.98 bits per heavy atom. The van der Waals surface area contributed by atoms with Crippen LogP contribution >= 0.6 is 0 Å². The van der Waals surface area contributed by atoms with Gasteiger partial charge in [-0.3, -0.25) is 14.6 Å². The van der Waals surface area contributed by atoms with Gasteiger partial charge in [0, 0.05) is 63.1 Å². The van der Waals surface area contributed by atoms with Gasteiger partial charge in [-0.05, 0) is 42.5 Å². The van der Waals surface area contributed by atoms with Gasteiger partial charge < -0.3 is 25.4 Å². The number of methoxy groups -OCH3 is 1. The number of halogens is 3. The van der Waals surface area contributed by atoms with E-state index in [4.69, 9.17) is 15.6 Å². The standard InChI is InChI=1S/C31H33F3N6O4/c1-44-13-3-6-28(42)38-11-9-22-29-24(40(37-22)23-8-7-19(14-26(23)41)18-4-2-5-18)10-12-39(25(29)17-38)30(43)20-16-36-27(15-21(20)35)31(32,33)34/h3,6-8,14-16,18,25,41H,2,4-5,9-13,17H2,1H3,(H2,35,36)/b6-3+/t25-/m0/s1. The largest absolute Gasteiger partial charge is 0.506 e. The SMILES string of the molecule is COC/C=C/C(=O)N1CCc2nn(-c3ccc(C4CCC4)cc3O)c3c2[C@H](C1)N(C(=O)c1cnc(C(F)(F)F)cc1N)CC3. The highest BCUT2D eigenvalue weighted by molar-refractivity contribution is 5.99. The molecule has 10 nitrogen and oxygen atoms in total. The Morgan fingerprint density at radius 3 is 2.64 bits per heavy atom. The van der Waals surface area contributed by atoms with Crippen LogP contribution in [0.25, 0.3) is 5.69 Å². The number of pyridine rings is 1. The predicted octanol–water partition coefficient (Wildman–Crippen LogP) is 4.17.